The molecule has 0 saturated carbocycles. The number of nitro groups is 1. The minimum Gasteiger partial charge on any atom is -0.269 e. The van der Waals surface area contributed by atoms with E-state index in [-0.39, 0.29) is 22.8 Å². The Bertz CT molecular complexity index is 905. The number of benzene rings is 2. The quantitative estimate of drug-likeness (QED) is 0.462. The summed E-state index contributed by atoms with van der Waals surface area (Å²) < 4.78 is 0. The maximum absolute atomic E-state index is 12.6. The molecule has 0 radical (unpaired) electrons. The van der Waals surface area contributed by atoms with E-state index in [1.165, 1.54) is 24.3 Å². The highest BCUT2D eigenvalue weighted by Gasteiger charge is 2.38. The van der Waals surface area contributed by atoms with Crippen molar-refractivity contribution in [2.24, 2.45) is 0 Å². The fourth-order valence-electron chi connectivity index (χ4n) is 2.46. The summed E-state index contributed by atoms with van der Waals surface area (Å²) in [6, 6.07) is 12.0. The number of hydrogen-bond acceptors (Lipinski definition) is 4. The van der Waals surface area contributed by atoms with E-state index in [4.69, 9.17) is 23.2 Å². The number of nitrogens with zero attached hydrogens (tertiary/aromatic N) is 2. The number of carbonyl (C=O) groups excluding carboxylic acids is 2. The molecule has 2 aromatic carbocycles. The highest BCUT2D eigenvalue weighted by molar-refractivity contribution is 6.55. The van der Waals surface area contributed by atoms with Gasteiger partial charge in [-0.25, -0.2) is 0 Å². The van der Waals surface area contributed by atoms with Gasteiger partial charge < -0.3 is 0 Å². The molecule has 2 aromatic rings. The van der Waals surface area contributed by atoms with Crippen molar-refractivity contribution < 1.29 is 14.5 Å². The molecule has 0 aliphatic carbocycles. The van der Waals surface area contributed by atoms with Gasteiger partial charge in [0.2, 0.25) is 0 Å². The van der Waals surface area contributed by atoms with Crippen LogP contribution in [0, 0.1) is 10.1 Å². The van der Waals surface area contributed by atoms with Crippen molar-refractivity contribution in [2.75, 3.05) is 0 Å². The maximum atomic E-state index is 12.6. The predicted octanol–water partition coefficient (Wildman–Crippen LogP) is 3.77. The van der Waals surface area contributed by atoms with Crippen molar-refractivity contribution in [2.45, 2.75) is 6.54 Å². The van der Waals surface area contributed by atoms with Crippen LogP contribution in [0.25, 0.3) is 5.57 Å². The Hall–Kier alpha value is -2.70. The van der Waals surface area contributed by atoms with Crippen LogP contribution in [0.5, 0.6) is 0 Å². The third-order valence-corrected chi connectivity index (χ3v) is 4.33. The van der Waals surface area contributed by atoms with Crippen molar-refractivity contribution in [3.8, 4) is 0 Å². The third-order valence-electron chi connectivity index (χ3n) is 3.73. The van der Waals surface area contributed by atoms with Crippen molar-refractivity contribution in [1.82, 2.24) is 4.90 Å². The van der Waals surface area contributed by atoms with E-state index in [2.05, 4.69) is 0 Å². The first-order valence-corrected chi connectivity index (χ1v) is 7.89. The second-order valence-electron chi connectivity index (χ2n) is 5.32. The van der Waals surface area contributed by atoms with Gasteiger partial charge >= 0.3 is 0 Å². The highest BCUT2D eigenvalue weighted by atomic mass is 35.5. The average molecular weight is 377 g/mol. The van der Waals surface area contributed by atoms with Gasteiger partial charge in [-0.05, 0) is 35.4 Å². The van der Waals surface area contributed by atoms with Crippen LogP contribution in [-0.4, -0.2) is 21.6 Å². The molecule has 126 valence electrons. The molecule has 0 atom stereocenters. The van der Waals surface area contributed by atoms with Crippen molar-refractivity contribution in [3.05, 3.63) is 79.8 Å². The molecule has 25 heavy (non-hydrogen) atoms. The van der Waals surface area contributed by atoms with E-state index >= 15 is 0 Å². The summed E-state index contributed by atoms with van der Waals surface area (Å²) in [7, 11) is 0. The van der Waals surface area contributed by atoms with Crippen LogP contribution in [-0.2, 0) is 16.1 Å². The van der Waals surface area contributed by atoms with Gasteiger partial charge in [0.15, 0.2) is 0 Å². The number of hydrogen-bond donors (Lipinski definition) is 0. The lowest BCUT2D eigenvalue weighted by molar-refractivity contribution is -0.384. The number of rotatable bonds is 4. The zero-order chi connectivity index (χ0) is 18.1. The molecule has 0 saturated heterocycles. The van der Waals surface area contributed by atoms with E-state index in [9.17, 15) is 19.7 Å². The van der Waals surface area contributed by atoms with Crippen molar-refractivity contribution in [3.63, 3.8) is 0 Å². The van der Waals surface area contributed by atoms with E-state index in [1.807, 2.05) is 0 Å². The van der Waals surface area contributed by atoms with Crippen molar-refractivity contribution >= 4 is 46.3 Å². The van der Waals surface area contributed by atoms with Crippen LogP contribution in [0.15, 0.2) is 53.6 Å². The molecule has 6 nitrogen and oxygen atoms in total. The third kappa shape index (κ3) is 3.26. The number of carbonyl (C=O) groups is 2. The summed E-state index contributed by atoms with van der Waals surface area (Å²) >= 11 is 11.9. The minimum absolute atomic E-state index is 0.0375. The zero-order valence-corrected chi connectivity index (χ0v) is 14.1. The summed E-state index contributed by atoms with van der Waals surface area (Å²) in [6.45, 7) is 0.0571. The lowest BCUT2D eigenvalue weighted by atomic mass is 10.1. The number of nitro benzene ring substituents is 1. The van der Waals surface area contributed by atoms with E-state index in [0.717, 1.165) is 10.5 Å². The Morgan fingerprint density at radius 1 is 0.920 bits per heavy atom. The summed E-state index contributed by atoms with van der Waals surface area (Å²) in [4.78, 5) is 36.2. The molecule has 1 aliphatic rings. The second-order valence-corrected chi connectivity index (χ2v) is 6.13. The van der Waals surface area contributed by atoms with Crippen LogP contribution in [0.2, 0.25) is 5.02 Å². The van der Waals surface area contributed by atoms with Gasteiger partial charge in [-0.2, -0.15) is 0 Å². The first-order valence-electron chi connectivity index (χ1n) is 7.13. The molecule has 8 heteroatoms. The molecule has 0 unspecified atom stereocenters. The normalized spacial score (nSPS) is 14.4. The topological polar surface area (TPSA) is 80.5 Å². The fourth-order valence-corrected chi connectivity index (χ4v) is 2.88. The molecule has 1 aliphatic heterocycles. The largest absolute Gasteiger partial charge is 0.273 e. The molecule has 0 N–H and O–H groups in total. The van der Waals surface area contributed by atoms with Crippen LogP contribution >= 0.6 is 23.2 Å². The number of amides is 2. The molecule has 0 bridgehead atoms. The predicted molar refractivity (Wildman–Crippen MR) is 92.9 cm³/mol. The van der Waals surface area contributed by atoms with Crippen LogP contribution in [0.4, 0.5) is 5.69 Å². The summed E-state index contributed by atoms with van der Waals surface area (Å²) in [5.41, 5.74) is 0.999. The standard InChI is InChI=1S/C17H10Cl2N2O4/c18-12-5-1-10(2-6-12)9-20-16(22)14(15(19)17(20)23)11-3-7-13(8-4-11)21(24)25/h1-8H,9H2. The van der Waals surface area contributed by atoms with Crippen LogP contribution < -0.4 is 0 Å². The summed E-state index contributed by atoms with van der Waals surface area (Å²) in [5, 5.41) is 11.1. The molecule has 3 rings (SSSR count). The Morgan fingerprint density at radius 2 is 1.52 bits per heavy atom. The number of imide groups is 1. The van der Waals surface area contributed by atoms with E-state index < -0.39 is 16.7 Å². The van der Waals surface area contributed by atoms with Gasteiger partial charge in [-0.3, -0.25) is 24.6 Å². The van der Waals surface area contributed by atoms with E-state index in [0.29, 0.717) is 10.6 Å². The summed E-state index contributed by atoms with van der Waals surface area (Å²) in [5.74, 6) is -1.14. The molecule has 0 fully saturated rings. The van der Waals surface area contributed by atoms with Gasteiger partial charge in [0.1, 0.15) is 5.03 Å². The first-order chi connectivity index (χ1) is 11.9. The smallest absolute Gasteiger partial charge is 0.269 e. The van der Waals surface area contributed by atoms with Crippen molar-refractivity contribution in [1.29, 1.82) is 0 Å². The lowest BCUT2D eigenvalue weighted by Crippen LogP contribution is -2.30. The van der Waals surface area contributed by atoms with Gasteiger partial charge in [-0.15, -0.1) is 0 Å². The van der Waals surface area contributed by atoms with Gasteiger partial charge in [0.05, 0.1) is 17.0 Å². The Kier molecular flexibility index (Phi) is 4.57. The highest BCUT2D eigenvalue weighted by Crippen LogP contribution is 2.33. The van der Waals surface area contributed by atoms with Gasteiger partial charge in [0.25, 0.3) is 17.5 Å². The first kappa shape index (κ1) is 17.1. The molecular formula is C17H10Cl2N2O4. The fraction of sp³-hybridized carbons (Fsp3) is 0.0588. The SMILES string of the molecule is O=C1C(Cl)=C(c2ccc([N+](=O)[O-])cc2)C(=O)N1Cc1ccc(Cl)cc1. The Morgan fingerprint density at radius 3 is 2.08 bits per heavy atom. The molecule has 0 spiro atoms. The zero-order valence-electron chi connectivity index (χ0n) is 12.6. The van der Waals surface area contributed by atoms with Gasteiger partial charge in [-0.1, -0.05) is 35.3 Å². The number of non-ortho nitro benzene ring substituents is 1. The minimum atomic E-state index is -0.602. The lowest BCUT2D eigenvalue weighted by Gasteiger charge is -2.15. The second kappa shape index (κ2) is 6.66. The molecule has 1 heterocycles. The monoisotopic (exact) mass is 376 g/mol. The van der Waals surface area contributed by atoms with E-state index in [1.54, 1.807) is 24.3 Å². The van der Waals surface area contributed by atoms with Crippen LogP contribution in [0.1, 0.15) is 11.1 Å². The number of halogens is 2. The maximum Gasteiger partial charge on any atom is 0.273 e. The van der Waals surface area contributed by atoms with Crippen LogP contribution in [0.3, 0.4) is 0 Å². The molecule has 0 aromatic heterocycles. The van der Waals surface area contributed by atoms with Gasteiger partial charge in [0, 0.05) is 17.2 Å². The Labute approximate surface area is 152 Å². The summed E-state index contributed by atoms with van der Waals surface area (Å²) in [6.07, 6.45) is 0. The average Bonchev–Trinajstić information content (AvgIpc) is 2.80. The molecule has 2 amide bonds. The Balaban J connectivity index is 1.88. The molecular weight excluding hydrogens is 367 g/mol.